The maximum Gasteiger partial charge on any atom is 0.318 e. The van der Waals surface area contributed by atoms with Crippen molar-refractivity contribution in [3.05, 3.63) is 35.4 Å². The summed E-state index contributed by atoms with van der Waals surface area (Å²) >= 11 is 0. The number of carbonyl (C=O) groups excluding carboxylic acids is 2. The van der Waals surface area contributed by atoms with Crippen LogP contribution in [0.5, 0.6) is 0 Å². The monoisotopic (exact) mass is 268 g/mol. The van der Waals surface area contributed by atoms with Crippen molar-refractivity contribution in [3.63, 3.8) is 0 Å². The molecule has 19 heavy (non-hydrogen) atoms. The molecule has 2 amide bonds. The predicted molar refractivity (Wildman–Crippen MR) is 64.5 cm³/mol. The number of Topliss-reactive ketones (excluding diaryl/α,β-unsaturated/α-hetero) is 1. The Morgan fingerprint density at radius 1 is 1.47 bits per heavy atom. The smallest absolute Gasteiger partial charge is 0.318 e. The summed E-state index contributed by atoms with van der Waals surface area (Å²) < 4.78 is 26.7. The Balaban J connectivity index is 2.09. The molecule has 0 bridgehead atoms. The number of carbonyl (C=O) groups is 2. The van der Waals surface area contributed by atoms with Crippen LogP contribution >= 0.6 is 0 Å². The molecule has 0 saturated carbocycles. The van der Waals surface area contributed by atoms with Crippen molar-refractivity contribution >= 4 is 11.8 Å². The number of nitrogens with zero attached hydrogens (tertiary/aromatic N) is 1. The Hall–Kier alpha value is -1.98. The Bertz CT molecular complexity index is 519. The second-order valence-electron chi connectivity index (χ2n) is 4.57. The van der Waals surface area contributed by atoms with Crippen LogP contribution < -0.4 is 5.32 Å². The molecule has 6 heteroatoms. The number of hydrogen-bond acceptors (Lipinski definition) is 2. The molecule has 2 rings (SSSR count). The summed E-state index contributed by atoms with van der Waals surface area (Å²) in [5.74, 6) is -1.12. The largest absolute Gasteiger partial charge is 0.329 e. The molecule has 4 nitrogen and oxygen atoms in total. The zero-order chi connectivity index (χ0) is 14.0. The number of rotatable bonds is 4. The Morgan fingerprint density at radius 3 is 2.89 bits per heavy atom. The van der Waals surface area contributed by atoms with Crippen LogP contribution in [0.3, 0.4) is 0 Å². The van der Waals surface area contributed by atoms with Crippen LogP contribution in [0, 0.1) is 11.6 Å². The van der Waals surface area contributed by atoms with E-state index in [1.54, 1.807) is 0 Å². The minimum absolute atomic E-state index is 0.0202. The first-order valence-corrected chi connectivity index (χ1v) is 5.97. The fourth-order valence-corrected chi connectivity index (χ4v) is 2.03. The fourth-order valence-electron chi connectivity index (χ4n) is 2.03. The van der Waals surface area contributed by atoms with Gasteiger partial charge in [0.2, 0.25) is 0 Å². The molecule has 1 atom stereocenters. The van der Waals surface area contributed by atoms with E-state index in [2.05, 4.69) is 5.32 Å². The molecule has 1 heterocycles. The molecular formula is C13H14F2N2O2. The molecule has 1 N–H and O–H groups in total. The molecule has 0 aromatic heterocycles. The summed E-state index contributed by atoms with van der Waals surface area (Å²) in [4.78, 5) is 24.0. The van der Waals surface area contributed by atoms with Gasteiger partial charge in [-0.15, -0.1) is 0 Å². The first-order chi connectivity index (χ1) is 8.97. The van der Waals surface area contributed by atoms with Gasteiger partial charge in [0.05, 0.1) is 6.04 Å². The first-order valence-electron chi connectivity index (χ1n) is 5.97. The first kappa shape index (κ1) is 13.5. The summed E-state index contributed by atoms with van der Waals surface area (Å²) in [6, 6.07) is 2.19. The fraction of sp³-hybridized carbons (Fsp3) is 0.385. The molecule has 0 radical (unpaired) electrons. The lowest BCUT2D eigenvalue weighted by Gasteiger charge is -2.14. The molecule has 102 valence electrons. The van der Waals surface area contributed by atoms with Crippen molar-refractivity contribution in [1.82, 2.24) is 10.2 Å². The van der Waals surface area contributed by atoms with Crippen LogP contribution in [-0.2, 0) is 4.79 Å². The third kappa shape index (κ3) is 3.07. The van der Waals surface area contributed by atoms with Gasteiger partial charge in [0.15, 0.2) is 0 Å². The normalized spacial score (nSPS) is 18.6. The standard InChI is InChI=1S/C13H14F2N2O2/c1-8(18)4-5-17-7-12(16-13(17)19)10-6-9(14)2-3-11(10)15/h2-3,6,12H,4-5,7H2,1H3,(H,16,19). The van der Waals surface area contributed by atoms with Crippen LogP contribution in [0.1, 0.15) is 24.9 Å². The number of amides is 2. The number of halogens is 2. The summed E-state index contributed by atoms with van der Waals surface area (Å²) in [5, 5.41) is 2.58. The highest BCUT2D eigenvalue weighted by Gasteiger charge is 2.31. The van der Waals surface area contributed by atoms with Crippen LogP contribution in [0.25, 0.3) is 0 Å². The van der Waals surface area contributed by atoms with E-state index in [1.807, 2.05) is 0 Å². The van der Waals surface area contributed by atoms with E-state index in [-0.39, 0.29) is 36.9 Å². The summed E-state index contributed by atoms with van der Waals surface area (Å²) in [5.41, 5.74) is 0.124. The molecule has 0 aliphatic carbocycles. The highest BCUT2D eigenvalue weighted by atomic mass is 19.1. The maximum absolute atomic E-state index is 13.6. The molecule has 1 unspecified atom stereocenters. The van der Waals surface area contributed by atoms with Gasteiger partial charge >= 0.3 is 6.03 Å². The molecule has 1 aliphatic heterocycles. The average molecular weight is 268 g/mol. The second kappa shape index (κ2) is 5.34. The molecular weight excluding hydrogens is 254 g/mol. The van der Waals surface area contributed by atoms with E-state index < -0.39 is 17.7 Å². The van der Waals surface area contributed by atoms with Crippen molar-refractivity contribution in [2.24, 2.45) is 0 Å². The molecule has 1 fully saturated rings. The minimum Gasteiger partial charge on any atom is -0.329 e. The van der Waals surface area contributed by atoms with Gasteiger partial charge in [0, 0.05) is 25.1 Å². The SMILES string of the molecule is CC(=O)CCN1CC(c2cc(F)ccc2F)NC1=O. The van der Waals surface area contributed by atoms with Crippen LogP contribution in [0.15, 0.2) is 18.2 Å². The van der Waals surface area contributed by atoms with Gasteiger partial charge in [0.1, 0.15) is 17.4 Å². The topological polar surface area (TPSA) is 49.4 Å². The molecule has 0 spiro atoms. The second-order valence-corrected chi connectivity index (χ2v) is 4.57. The van der Waals surface area contributed by atoms with Crippen molar-refractivity contribution in [1.29, 1.82) is 0 Å². The van der Waals surface area contributed by atoms with E-state index in [1.165, 1.54) is 11.8 Å². The predicted octanol–water partition coefficient (Wildman–Crippen LogP) is 2.01. The average Bonchev–Trinajstić information content (AvgIpc) is 2.71. The van der Waals surface area contributed by atoms with E-state index >= 15 is 0 Å². The minimum atomic E-state index is -0.588. The Labute approximate surface area is 109 Å². The van der Waals surface area contributed by atoms with E-state index in [0.29, 0.717) is 0 Å². The lowest BCUT2D eigenvalue weighted by Crippen LogP contribution is -2.29. The van der Waals surface area contributed by atoms with Gasteiger partial charge in [-0.05, 0) is 25.1 Å². The van der Waals surface area contributed by atoms with Gasteiger partial charge in [0.25, 0.3) is 0 Å². The summed E-state index contributed by atoms with van der Waals surface area (Å²) in [6.07, 6.45) is 0.256. The Morgan fingerprint density at radius 2 is 2.21 bits per heavy atom. The van der Waals surface area contributed by atoms with Crippen LogP contribution in [-0.4, -0.2) is 29.8 Å². The molecule has 1 aromatic rings. The lowest BCUT2D eigenvalue weighted by atomic mass is 10.1. The number of hydrogen-bond donors (Lipinski definition) is 1. The summed E-state index contributed by atoms with van der Waals surface area (Å²) in [6.45, 7) is 1.96. The maximum atomic E-state index is 13.6. The van der Waals surface area contributed by atoms with Gasteiger partial charge in [-0.1, -0.05) is 0 Å². The van der Waals surface area contributed by atoms with Crippen LogP contribution in [0.4, 0.5) is 13.6 Å². The van der Waals surface area contributed by atoms with Crippen LogP contribution in [0.2, 0.25) is 0 Å². The highest BCUT2D eigenvalue weighted by molar-refractivity contribution is 5.79. The third-order valence-electron chi connectivity index (χ3n) is 3.06. The van der Waals surface area contributed by atoms with E-state index in [4.69, 9.17) is 0 Å². The molecule has 1 saturated heterocycles. The Kier molecular flexibility index (Phi) is 3.78. The van der Waals surface area contributed by atoms with Crippen molar-refractivity contribution in [2.75, 3.05) is 13.1 Å². The summed E-state index contributed by atoms with van der Waals surface area (Å²) in [7, 11) is 0. The van der Waals surface area contributed by atoms with Crippen molar-refractivity contribution in [3.8, 4) is 0 Å². The van der Waals surface area contributed by atoms with E-state index in [9.17, 15) is 18.4 Å². The van der Waals surface area contributed by atoms with Gasteiger partial charge < -0.3 is 10.2 Å². The zero-order valence-corrected chi connectivity index (χ0v) is 10.5. The van der Waals surface area contributed by atoms with E-state index in [0.717, 1.165) is 18.2 Å². The van der Waals surface area contributed by atoms with Crippen molar-refractivity contribution < 1.29 is 18.4 Å². The van der Waals surface area contributed by atoms with Gasteiger partial charge in [-0.3, -0.25) is 4.79 Å². The zero-order valence-electron chi connectivity index (χ0n) is 10.5. The number of urea groups is 1. The lowest BCUT2D eigenvalue weighted by molar-refractivity contribution is -0.117. The quantitative estimate of drug-likeness (QED) is 0.908. The third-order valence-corrected chi connectivity index (χ3v) is 3.06. The highest BCUT2D eigenvalue weighted by Crippen LogP contribution is 2.23. The number of ketones is 1. The van der Waals surface area contributed by atoms with Gasteiger partial charge in [-0.2, -0.15) is 0 Å². The van der Waals surface area contributed by atoms with Crippen molar-refractivity contribution in [2.45, 2.75) is 19.4 Å². The van der Waals surface area contributed by atoms with Gasteiger partial charge in [-0.25, -0.2) is 13.6 Å². The molecule has 1 aliphatic rings. The number of nitrogens with one attached hydrogen (secondary N) is 1. The number of benzene rings is 1. The molecule has 1 aromatic carbocycles.